The molecule has 5 rings (SSSR count). The lowest BCUT2D eigenvalue weighted by Crippen LogP contribution is -2.23. The Balaban J connectivity index is 1.23. The van der Waals surface area contributed by atoms with Crippen LogP contribution in [0.2, 0.25) is 5.02 Å². The maximum absolute atomic E-state index is 13.8. The van der Waals surface area contributed by atoms with Crippen LogP contribution in [0, 0.1) is 11.7 Å². The van der Waals surface area contributed by atoms with Crippen LogP contribution in [0.5, 0.6) is 0 Å². The molecule has 1 aliphatic rings. The minimum atomic E-state index is -0.195. The predicted molar refractivity (Wildman–Crippen MR) is 129 cm³/mol. The second-order valence-electron chi connectivity index (χ2n) is 8.94. The van der Waals surface area contributed by atoms with Crippen molar-refractivity contribution in [1.82, 2.24) is 15.0 Å². The topological polar surface area (TPSA) is 50.7 Å². The molecule has 0 bridgehead atoms. The number of hydrogen-bond donors (Lipinski definition) is 1. The van der Waals surface area contributed by atoms with E-state index in [2.05, 4.69) is 33.3 Å². The minimum Gasteiger partial charge on any atom is -0.367 e. The summed E-state index contributed by atoms with van der Waals surface area (Å²) in [4.78, 5) is 13.2. The maximum atomic E-state index is 13.8. The van der Waals surface area contributed by atoms with Crippen LogP contribution in [0.25, 0.3) is 21.8 Å². The van der Waals surface area contributed by atoms with Gasteiger partial charge in [0, 0.05) is 28.0 Å². The molecule has 1 N–H and O–H groups in total. The van der Waals surface area contributed by atoms with E-state index in [0.29, 0.717) is 22.9 Å². The van der Waals surface area contributed by atoms with Crippen LogP contribution in [0.1, 0.15) is 50.5 Å². The first-order valence-corrected chi connectivity index (χ1v) is 11.7. The highest BCUT2D eigenvalue weighted by atomic mass is 35.5. The number of nitrogens with one attached hydrogen (secondary N) is 1. The van der Waals surface area contributed by atoms with E-state index in [1.165, 1.54) is 24.5 Å². The summed E-state index contributed by atoms with van der Waals surface area (Å²) in [5, 5.41) is 6.21. The summed E-state index contributed by atoms with van der Waals surface area (Å²) in [6.45, 7) is 2.22. The van der Waals surface area contributed by atoms with E-state index in [1.54, 1.807) is 18.5 Å². The Bertz CT molecular complexity index is 1250. The first-order valence-electron chi connectivity index (χ1n) is 11.3. The number of fused-ring (bicyclic) bond motifs is 2. The average Bonchev–Trinajstić information content (AvgIpc) is 2.79. The highest BCUT2D eigenvalue weighted by Crippen LogP contribution is 2.40. The van der Waals surface area contributed by atoms with Gasteiger partial charge in [0.15, 0.2) is 0 Å². The number of pyridine rings is 1. The van der Waals surface area contributed by atoms with E-state index in [1.807, 2.05) is 24.4 Å². The predicted octanol–water partition coefficient (Wildman–Crippen LogP) is 7.14. The highest BCUT2D eigenvalue weighted by Gasteiger charge is 2.25. The summed E-state index contributed by atoms with van der Waals surface area (Å²) >= 11 is 6.10. The summed E-state index contributed by atoms with van der Waals surface area (Å²) in [5.41, 5.74) is 2.97. The lowest BCUT2D eigenvalue weighted by atomic mass is 9.76. The highest BCUT2D eigenvalue weighted by molar-refractivity contribution is 6.31. The van der Waals surface area contributed by atoms with Crippen molar-refractivity contribution in [3.05, 3.63) is 71.4 Å². The normalized spacial score (nSPS) is 19.8. The van der Waals surface area contributed by atoms with Crippen molar-refractivity contribution in [2.75, 3.05) is 5.32 Å². The minimum absolute atomic E-state index is 0.195. The Hall–Kier alpha value is -2.79. The molecule has 1 fully saturated rings. The summed E-state index contributed by atoms with van der Waals surface area (Å²) in [6.07, 6.45) is 9.14. The largest absolute Gasteiger partial charge is 0.367 e. The van der Waals surface area contributed by atoms with Crippen LogP contribution in [-0.4, -0.2) is 21.0 Å². The van der Waals surface area contributed by atoms with Crippen molar-refractivity contribution < 1.29 is 4.39 Å². The summed E-state index contributed by atoms with van der Waals surface area (Å²) in [6, 6.07) is 13.0. The van der Waals surface area contributed by atoms with E-state index in [-0.39, 0.29) is 5.82 Å². The summed E-state index contributed by atoms with van der Waals surface area (Å²) < 4.78 is 13.8. The van der Waals surface area contributed by atoms with Gasteiger partial charge < -0.3 is 5.32 Å². The monoisotopic (exact) mass is 448 g/mol. The van der Waals surface area contributed by atoms with Gasteiger partial charge in [-0.15, -0.1) is 0 Å². The third-order valence-corrected chi connectivity index (χ3v) is 6.93. The van der Waals surface area contributed by atoms with Gasteiger partial charge >= 0.3 is 0 Å². The van der Waals surface area contributed by atoms with Crippen LogP contribution < -0.4 is 5.32 Å². The molecular weight excluding hydrogens is 423 g/mol. The van der Waals surface area contributed by atoms with E-state index in [0.717, 1.165) is 46.9 Å². The number of aromatic nitrogens is 3. The van der Waals surface area contributed by atoms with Gasteiger partial charge in [0.25, 0.3) is 0 Å². The van der Waals surface area contributed by atoms with Crippen molar-refractivity contribution in [3.63, 3.8) is 0 Å². The van der Waals surface area contributed by atoms with E-state index in [4.69, 9.17) is 11.6 Å². The Morgan fingerprint density at radius 3 is 2.66 bits per heavy atom. The molecule has 164 valence electrons. The van der Waals surface area contributed by atoms with Crippen molar-refractivity contribution in [1.29, 1.82) is 0 Å². The lowest BCUT2D eigenvalue weighted by molar-refractivity contribution is 0.302. The molecule has 4 aromatic rings. The number of hydrogen-bond acceptors (Lipinski definition) is 4. The average molecular weight is 449 g/mol. The second-order valence-corrected chi connectivity index (χ2v) is 9.38. The number of rotatable bonds is 5. The third kappa shape index (κ3) is 4.40. The van der Waals surface area contributed by atoms with E-state index in [9.17, 15) is 4.39 Å². The van der Waals surface area contributed by atoms with Gasteiger partial charge in [0.2, 0.25) is 0 Å². The molecule has 4 nitrogen and oxygen atoms in total. The number of nitrogens with zero attached hydrogens (tertiary/aromatic N) is 3. The molecule has 1 atom stereocenters. The molecular formula is C26H26ClFN4. The molecule has 2 heterocycles. The Labute approximate surface area is 192 Å². The molecule has 0 spiro atoms. The first-order chi connectivity index (χ1) is 15.6. The Kier molecular flexibility index (Phi) is 5.92. The molecule has 1 unspecified atom stereocenters. The lowest BCUT2D eigenvalue weighted by Gasteiger charge is -2.31. The van der Waals surface area contributed by atoms with Gasteiger partial charge in [-0.25, -0.2) is 14.4 Å². The Morgan fingerprint density at radius 2 is 1.81 bits per heavy atom. The third-order valence-electron chi connectivity index (χ3n) is 6.69. The van der Waals surface area contributed by atoms with Crippen LogP contribution >= 0.6 is 11.6 Å². The summed E-state index contributed by atoms with van der Waals surface area (Å²) in [5.74, 6) is 1.80. The molecule has 0 aliphatic heterocycles. The number of halogens is 2. The number of anilines is 1. The fourth-order valence-electron chi connectivity index (χ4n) is 5.14. The van der Waals surface area contributed by atoms with Gasteiger partial charge in [-0.3, -0.25) is 4.98 Å². The fourth-order valence-corrected chi connectivity index (χ4v) is 5.31. The standard InChI is InChI=1S/C26H26ClFN4/c1-16(32-26-22-8-6-19(27)13-25(22)30-15-31-26)12-17-2-4-18(5-3-17)21-10-11-29-24-9-7-20(28)14-23(21)24/h6-11,13-18H,2-5,12H2,1H3,(H,30,31,32)/t16?,17-,18-. The zero-order valence-corrected chi connectivity index (χ0v) is 18.8. The smallest absolute Gasteiger partial charge is 0.137 e. The van der Waals surface area contributed by atoms with Crippen LogP contribution in [0.4, 0.5) is 10.2 Å². The van der Waals surface area contributed by atoms with E-state index < -0.39 is 0 Å². The second kappa shape index (κ2) is 8.99. The zero-order valence-electron chi connectivity index (χ0n) is 18.1. The maximum Gasteiger partial charge on any atom is 0.137 e. The first kappa shape index (κ1) is 21.1. The van der Waals surface area contributed by atoms with Gasteiger partial charge in [0.1, 0.15) is 18.0 Å². The fraction of sp³-hybridized carbons (Fsp3) is 0.346. The van der Waals surface area contributed by atoms with Gasteiger partial charge in [-0.05, 0) is 98.9 Å². The molecule has 32 heavy (non-hydrogen) atoms. The molecule has 6 heteroatoms. The SMILES string of the molecule is CC(C[C@H]1CC[C@H](c2ccnc3ccc(F)cc32)CC1)Nc1ncnc2cc(Cl)ccc12. The molecule has 0 radical (unpaired) electrons. The van der Waals surface area contributed by atoms with Gasteiger partial charge in [0.05, 0.1) is 11.0 Å². The van der Waals surface area contributed by atoms with Gasteiger partial charge in [-0.2, -0.15) is 0 Å². The molecule has 0 saturated heterocycles. The van der Waals surface area contributed by atoms with E-state index >= 15 is 0 Å². The molecule has 1 saturated carbocycles. The van der Waals surface area contributed by atoms with Crippen LogP contribution in [-0.2, 0) is 0 Å². The number of benzene rings is 2. The van der Waals surface area contributed by atoms with Crippen molar-refractivity contribution in [2.45, 2.75) is 51.0 Å². The molecule has 2 aromatic heterocycles. The quantitative estimate of drug-likeness (QED) is 0.352. The zero-order chi connectivity index (χ0) is 22.1. The van der Waals surface area contributed by atoms with Crippen molar-refractivity contribution in [3.8, 4) is 0 Å². The Morgan fingerprint density at radius 1 is 0.969 bits per heavy atom. The van der Waals surface area contributed by atoms with Crippen molar-refractivity contribution in [2.24, 2.45) is 5.92 Å². The van der Waals surface area contributed by atoms with Crippen molar-refractivity contribution >= 4 is 39.2 Å². The molecule has 2 aromatic carbocycles. The molecule has 1 aliphatic carbocycles. The van der Waals surface area contributed by atoms with Crippen LogP contribution in [0.15, 0.2) is 55.0 Å². The molecule has 0 amide bonds. The summed E-state index contributed by atoms with van der Waals surface area (Å²) in [7, 11) is 0. The van der Waals surface area contributed by atoms with Gasteiger partial charge in [-0.1, -0.05) is 11.6 Å². The van der Waals surface area contributed by atoms with Crippen LogP contribution in [0.3, 0.4) is 0 Å².